The van der Waals surface area contributed by atoms with Crippen LogP contribution in [-0.2, 0) is 14.8 Å². The number of carbonyl (C=O) groups excluding carboxylic acids is 1. The Morgan fingerprint density at radius 2 is 2.20 bits per heavy atom. The Kier molecular flexibility index (Phi) is 8.20. The van der Waals surface area contributed by atoms with Gasteiger partial charge < -0.3 is 19.5 Å². The molecule has 0 spiro atoms. The van der Waals surface area contributed by atoms with Crippen molar-refractivity contribution in [2.75, 3.05) is 46.7 Å². The summed E-state index contributed by atoms with van der Waals surface area (Å²) in [5.74, 6) is 5.28. The molecule has 1 N–H and O–H groups in total. The zero-order chi connectivity index (χ0) is 22.5. The Morgan fingerprint density at radius 1 is 1.50 bits per heavy atom. The smallest absolute Gasteiger partial charge is 0.259 e. The van der Waals surface area contributed by atoms with Gasteiger partial charge in [-0.3, -0.25) is 4.79 Å². The van der Waals surface area contributed by atoms with E-state index in [4.69, 9.17) is 9.47 Å². The lowest BCUT2D eigenvalue weighted by Crippen LogP contribution is -2.50. The number of ether oxygens (including phenoxy) is 2. The van der Waals surface area contributed by atoms with E-state index in [1.165, 1.54) is 24.7 Å². The second-order valence-corrected chi connectivity index (χ2v) is 9.57. The number of sulfonamides is 1. The van der Waals surface area contributed by atoms with Crippen molar-refractivity contribution in [3.8, 4) is 17.7 Å². The number of carbonyl (C=O) groups is 1. The van der Waals surface area contributed by atoms with Gasteiger partial charge in [0.1, 0.15) is 18.3 Å². The van der Waals surface area contributed by atoms with E-state index in [-0.39, 0.29) is 43.0 Å². The van der Waals surface area contributed by atoms with Gasteiger partial charge in [0.25, 0.3) is 5.91 Å². The zero-order valence-corrected chi connectivity index (χ0v) is 18.8. The van der Waals surface area contributed by atoms with Crippen LogP contribution in [0.4, 0.5) is 0 Å². The second kappa shape index (κ2) is 10.2. The molecule has 1 aliphatic rings. The van der Waals surface area contributed by atoms with Gasteiger partial charge in [-0.1, -0.05) is 18.8 Å². The summed E-state index contributed by atoms with van der Waals surface area (Å²) < 4.78 is 35.9. The number of aromatic nitrogens is 1. The molecule has 1 aromatic heterocycles. The fourth-order valence-electron chi connectivity index (χ4n) is 2.99. The summed E-state index contributed by atoms with van der Waals surface area (Å²) in [7, 11) is -0.393. The van der Waals surface area contributed by atoms with Gasteiger partial charge in [0.05, 0.1) is 25.4 Å². The summed E-state index contributed by atoms with van der Waals surface area (Å²) in [5.41, 5.74) is 0.746. The number of hydrogen-bond donors (Lipinski definition) is 1. The quantitative estimate of drug-likeness (QED) is 0.630. The lowest BCUT2D eigenvalue weighted by Gasteiger charge is -2.37. The number of nitrogens with zero attached hydrogens (tertiary/aromatic N) is 3. The monoisotopic (exact) mass is 439 g/mol. The van der Waals surface area contributed by atoms with Crippen molar-refractivity contribution in [3.05, 3.63) is 23.4 Å². The van der Waals surface area contributed by atoms with E-state index >= 15 is 0 Å². The van der Waals surface area contributed by atoms with E-state index < -0.39 is 22.2 Å². The fraction of sp³-hybridized carbons (Fsp3) is 0.600. The van der Waals surface area contributed by atoms with Gasteiger partial charge in [-0.25, -0.2) is 17.7 Å². The first-order chi connectivity index (χ1) is 14.1. The second-order valence-electron chi connectivity index (χ2n) is 7.48. The number of likely N-dealkylation sites (N-methyl/N-ethyl adjacent to an activating group) is 1. The molecule has 0 aromatic carbocycles. The van der Waals surface area contributed by atoms with Crippen molar-refractivity contribution in [1.82, 2.24) is 14.2 Å². The predicted octanol–water partition coefficient (Wildman–Crippen LogP) is 0.191. The highest BCUT2D eigenvalue weighted by Crippen LogP contribution is 2.27. The number of rotatable bonds is 6. The van der Waals surface area contributed by atoms with Gasteiger partial charge in [0.2, 0.25) is 15.9 Å². The van der Waals surface area contributed by atoms with Gasteiger partial charge in [-0.15, -0.1) is 0 Å². The van der Waals surface area contributed by atoms with Crippen LogP contribution < -0.4 is 4.74 Å². The zero-order valence-electron chi connectivity index (χ0n) is 18.0. The van der Waals surface area contributed by atoms with Gasteiger partial charge in [-0.05, 0) is 13.0 Å². The first kappa shape index (κ1) is 24.1. The van der Waals surface area contributed by atoms with Crippen molar-refractivity contribution in [2.45, 2.75) is 26.0 Å². The molecule has 0 saturated heterocycles. The van der Waals surface area contributed by atoms with Crippen LogP contribution in [0.5, 0.6) is 5.88 Å². The Bertz CT molecular complexity index is 924. The Labute approximate surface area is 178 Å². The SMILES string of the molecule is COCC#Cc1cnc2c(c1)C(=O)N([C@@H](C)CO)C[C@H](C)[C@H](CN(C)S(C)(=O)=O)O2. The molecule has 0 fully saturated rings. The predicted molar refractivity (Wildman–Crippen MR) is 112 cm³/mol. The maximum atomic E-state index is 13.2. The Balaban J connectivity index is 2.49. The van der Waals surface area contributed by atoms with Gasteiger partial charge in [-0.2, -0.15) is 0 Å². The summed E-state index contributed by atoms with van der Waals surface area (Å²) in [6, 6.07) is 1.17. The third-order valence-electron chi connectivity index (χ3n) is 4.97. The average Bonchev–Trinajstić information content (AvgIpc) is 2.69. The Morgan fingerprint density at radius 3 is 2.80 bits per heavy atom. The number of methoxy groups -OCH3 is 1. The van der Waals surface area contributed by atoms with Crippen LogP contribution in [0.25, 0.3) is 0 Å². The van der Waals surface area contributed by atoms with Crippen molar-refractivity contribution < 1.29 is 27.8 Å². The van der Waals surface area contributed by atoms with Crippen LogP contribution in [0, 0.1) is 17.8 Å². The maximum Gasteiger partial charge on any atom is 0.259 e. The third-order valence-corrected chi connectivity index (χ3v) is 6.25. The van der Waals surface area contributed by atoms with Crippen LogP contribution in [0.1, 0.15) is 29.8 Å². The van der Waals surface area contributed by atoms with Crippen LogP contribution in [-0.4, -0.2) is 92.5 Å². The lowest BCUT2D eigenvalue weighted by molar-refractivity contribution is 0.0373. The van der Waals surface area contributed by atoms with Crippen molar-refractivity contribution in [1.29, 1.82) is 0 Å². The summed E-state index contributed by atoms with van der Waals surface area (Å²) in [5, 5.41) is 9.65. The van der Waals surface area contributed by atoms with E-state index in [0.717, 1.165) is 6.26 Å². The van der Waals surface area contributed by atoms with Crippen molar-refractivity contribution >= 4 is 15.9 Å². The van der Waals surface area contributed by atoms with Crippen LogP contribution in [0.2, 0.25) is 0 Å². The third kappa shape index (κ3) is 5.92. The molecule has 0 unspecified atom stereocenters. The minimum Gasteiger partial charge on any atom is -0.472 e. The molecule has 166 valence electrons. The average molecular weight is 440 g/mol. The summed E-state index contributed by atoms with van der Waals surface area (Å²) in [6.45, 7) is 4.06. The highest BCUT2D eigenvalue weighted by Gasteiger charge is 2.35. The largest absolute Gasteiger partial charge is 0.472 e. The van der Waals surface area contributed by atoms with Crippen molar-refractivity contribution in [3.63, 3.8) is 0 Å². The molecule has 2 heterocycles. The molecule has 0 radical (unpaired) electrons. The molecule has 0 saturated carbocycles. The first-order valence-corrected chi connectivity index (χ1v) is 11.4. The number of amides is 1. The molecule has 0 bridgehead atoms. The molecule has 10 heteroatoms. The van der Waals surface area contributed by atoms with Crippen molar-refractivity contribution in [2.24, 2.45) is 5.92 Å². The normalized spacial score (nSPS) is 20.5. The minimum absolute atomic E-state index is 0.103. The number of fused-ring (bicyclic) bond motifs is 1. The molecule has 9 nitrogen and oxygen atoms in total. The van der Waals surface area contributed by atoms with E-state index in [0.29, 0.717) is 12.1 Å². The molecular formula is C20H29N3O6S. The minimum atomic E-state index is -3.41. The van der Waals surface area contributed by atoms with Gasteiger partial charge in [0, 0.05) is 38.4 Å². The first-order valence-electron chi connectivity index (χ1n) is 9.56. The number of aliphatic hydroxyl groups is 1. The van der Waals surface area contributed by atoms with E-state index in [2.05, 4.69) is 16.8 Å². The number of hydrogen-bond acceptors (Lipinski definition) is 7. The highest BCUT2D eigenvalue weighted by molar-refractivity contribution is 7.88. The summed E-state index contributed by atoms with van der Waals surface area (Å²) in [4.78, 5) is 19.1. The van der Waals surface area contributed by atoms with Crippen LogP contribution in [0.3, 0.4) is 0 Å². The van der Waals surface area contributed by atoms with Crippen LogP contribution in [0.15, 0.2) is 12.3 Å². The fourth-order valence-corrected chi connectivity index (χ4v) is 3.41. The van der Waals surface area contributed by atoms with E-state index in [1.54, 1.807) is 17.9 Å². The molecule has 1 aliphatic heterocycles. The van der Waals surface area contributed by atoms with E-state index in [9.17, 15) is 18.3 Å². The van der Waals surface area contributed by atoms with Gasteiger partial charge >= 0.3 is 0 Å². The van der Waals surface area contributed by atoms with Crippen LogP contribution >= 0.6 is 0 Å². The molecule has 1 amide bonds. The van der Waals surface area contributed by atoms with E-state index in [1.807, 2.05) is 6.92 Å². The topological polar surface area (TPSA) is 109 Å². The molecule has 1 aromatic rings. The van der Waals surface area contributed by atoms with Gasteiger partial charge in [0.15, 0.2) is 0 Å². The summed E-state index contributed by atoms with van der Waals surface area (Å²) in [6.07, 6.45) is 2.09. The molecular weight excluding hydrogens is 410 g/mol. The highest BCUT2D eigenvalue weighted by atomic mass is 32.2. The molecule has 30 heavy (non-hydrogen) atoms. The molecule has 3 atom stereocenters. The summed E-state index contributed by atoms with van der Waals surface area (Å²) >= 11 is 0. The lowest BCUT2D eigenvalue weighted by atomic mass is 10.0. The molecule has 2 rings (SSSR count). The standard InChI is InChI=1S/C20H29N3O6S/c1-14-11-23(15(2)13-24)20(25)17-9-16(7-6-8-28-4)10-21-19(17)29-18(14)12-22(3)30(5,26)27/h9-10,14-15,18,24H,8,11-13H2,1-5H3/t14-,15-,18-/m0/s1. The number of pyridine rings is 1. The Hall–Kier alpha value is -2.19. The molecule has 0 aliphatic carbocycles. The number of aliphatic hydroxyl groups excluding tert-OH is 1. The maximum absolute atomic E-state index is 13.2.